The van der Waals surface area contributed by atoms with Crippen molar-refractivity contribution in [3.8, 4) is 0 Å². The number of hydrogen-bond donors (Lipinski definition) is 3. The predicted molar refractivity (Wildman–Crippen MR) is 55.9 cm³/mol. The molecule has 0 aliphatic rings. The van der Waals surface area contributed by atoms with E-state index in [0.717, 1.165) is 12.1 Å². The van der Waals surface area contributed by atoms with Crippen LogP contribution in [0, 0.1) is 0 Å². The number of aromatic carboxylic acids is 2. The van der Waals surface area contributed by atoms with E-state index in [9.17, 15) is 18.0 Å². The molecule has 17 heavy (non-hydrogen) atoms. The quantitative estimate of drug-likeness (QED) is 0.524. The second kappa shape index (κ2) is 6.04. The summed E-state index contributed by atoms with van der Waals surface area (Å²) in [4.78, 5) is 20.4. The standard InChI is InChI=1S/C8H6O7S.K/c9-7(10)4-1-2-6(16(13,14)15)5(3-4)8(11)12;/h1-3H,(H,9,10)(H,11,12)(H,13,14,15);. The number of carboxylic acids is 2. The van der Waals surface area contributed by atoms with Crippen LogP contribution in [-0.2, 0) is 10.1 Å². The maximum absolute atomic E-state index is 10.8. The van der Waals surface area contributed by atoms with Crippen LogP contribution in [0.15, 0.2) is 23.1 Å². The van der Waals surface area contributed by atoms with Gasteiger partial charge in [0.05, 0.1) is 11.1 Å². The van der Waals surface area contributed by atoms with E-state index in [0.29, 0.717) is 6.07 Å². The van der Waals surface area contributed by atoms with E-state index in [1.165, 1.54) is 0 Å². The monoisotopic (exact) mass is 285 g/mol. The molecule has 0 aromatic heterocycles. The van der Waals surface area contributed by atoms with Gasteiger partial charge in [-0.2, -0.15) is 8.42 Å². The topological polar surface area (TPSA) is 129 Å². The van der Waals surface area contributed by atoms with Gasteiger partial charge in [0.1, 0.15) is 4.90 Å². The van der Waals surface area contributed by atoms with Crippen LogP contribution in [0.2, 0.25) is 0 Å². The summed E-state index contributed by atoms with van der Waals surface area (Å²) in [6.45, 7) is 0. The van der Waals surface area contributed by atoms with E-state index in [2.05, 4.69) is 0 Å². The van der Waals surface area contributed by atoms with Crippen molar-refractivity contribution >= 4 is 73.4 Å². The van der Waals surface area contributed by atoms with E-state index >= 15 is 0 Å². The number of benzene rings is 1. The van der Waals surface area contributed by atoms with Crippen LogP contribution in [0.25, 0.3) is 0 Å². The molecule has 1 aromatic rings. The molecule has 0 fully saturated rings. The largest absolute Gasteiger partial charge is 0.478 e. The maximum Gasteiger partial charge on any atom is 0.337 e. The molecule has 0 aliphatic carbocycles. The fraction of sp³-hybridized carbons (Fsp3) is 0. The van der Waals surface area contributed by atoms with Crippen LogP contribution in [0.5, 0.6) is 0 Å². The van der Waals surface area contributed by atoms with Crippen LogP contribution >= 0.6 is 0 Å². The van der Waals surface area contributed by atoms with Gasteiger partial charge in [0, 0.05) is 51.4 Å². The van der Waals surface area contributed by atoms with Crippen molar-refractivity contribution < 1.29 is 32.8 Å². The molecule has 9 heteroatoms. The fourth-order valence-corrected chi connectivity index (χ4v) is 1.72. The summed E-state index contributed by atoms with van der Waals surface area (Å²) in [7, 11) is -4.69. The van der Waals surface area contributed by atoms with Gasteiger partial charge < -0.3 is 10.2 Å². The second-order valence-corrected chi connectivity index (χ2v) is 4.19. The van der Waals surface area contributed by atoms with Gasteiger partial charge in [0.25, 0.3) is 10.1 Å². The van der Waals surface area contributed by atoms with Gasteiger partial charge in [0.15, 0.2) is 0 Å². The molecule has 1 radical (unpaired) electrons. The van der Waals surface area contributed by atoms with Crippen molar-refractivity contribution in [2.75, 3.05) is 0 Å². The van der Waals surface area contributed by atoms with Gasteiger partial charge in [0.2, 0.25) is 0 Å². The minimum atomic E-state index is -4.69. The minimum absolute atomic E-state index is 0. The predicted octanol–water partition coefficient (Wildman–Crippen LogP) is -0.0511. The zero-order chi connectivity index (χ0) is 12.5. The molecule has 0 heterocycles. The normalized spacial score (nSPS) is 10.4. The molecule has 0 bridgehead atoms. The molecule has 0 unspecified atom stereocenters. The third-order valence-corrected chi connectivity index (χ3v) is 2.65. The Hall–Kier alpha value is -0.294. The molecule has 87 valence electrons. The van der Waals surface area contributed by atoms with E-state index < -0.39 is 32.5 Å². The molecule has 0 amide bonds. The van der Waals surface area contributed by atoms with Crippen molar-refractivity contribution in [2.24, 2.45) is 0 Å². The molecule has 0 spiro atoms. The SMILES string of the molecule is O=C(O)c1ccc(S(=O)(=O)O)c(C(=O)O)c1.[K]. The molecule has 0 saturated carbocycles. The zero-order valence-electron chi connectivity index (χ0n) is 8.61. The Bertz CT molecular complexity index is 563. The van der Waals surface area contributed by atoms with E-state index in [1.807, 2.05) is 0 Å². The Morgan fingerprint density at radius 1 is 1.06 bits per heavy atom. The summed E-state index contributed by atoms with van der Waals surface area (Å²) in [6.07, 6.45) is 0. The smallest absolute Gasteiger partial charge is 0.337 e. The summed E-state index contributed by atoms with van der Waals surface area (Å²) in [6, 6.07) is 2.27. The molecule has 0 aliphatic heterocycles. The first-order chi connectivity index (χ1) is 7.23. The van der Waals surface area contributed by atoms with Gasteiger partial charge in [-0.05, 0) is 18.2 Å². The third kappa shape index (κ3) is 4.14. The molecule has 1 rings (SSSR count). The van der Waals surface area contributed by atoms with Gasteiger partial charge >= 0.3 is 11.9 Å². The van der Waals surface area contributed by atoms with Crippen LogP contribution in [0.1, 0.15) is 20.7 Å². The molecule has 0 atom stereocenters. The molecular formula is C8H6KO7S. The Kier molecular flexibility index (Phi) is 5.94. The molecule has 7 nitrogen and oxygen atoms in total. The minimum Gasteiger partial charge on any atom is -0.478 e. The first-order valence-electron chi connectivity index (χ1n) is 3.81. The summed E-state index contributed by atoms with van der Waals surface area (Å²) in [5.74, 6) is -3.04. The van der Waals surface area contributed by atoms with Crippen molar-refractivity contribution in [1.82, 2.24) is 0 Å². The summed E-state index contributed by atoms with van der Waals surface area (Å²) in [5, 5.41) is 17.2. The number of carbonyl (C=O) groups is 2. The average Bonchev–Trinajstić information content (AvgIpc) is 2.15. The van der Waals surface area contributed by atoms with Crippen molar-refractivity contribution in [1.29, 1.82) is 0 Å². The van der Waals surface area contributed by atoms with Crippen LogP contribution < -0.4 is 0 Å². The van der Waals surface area contributed by atoms with E-state index in [1.54, 1.807) is 0 Å². The van der Waals surface area contributed by atoms with Crippen molar-refractivity contribution in [2.45, 2.75) is 4.90 Å². The van der Waals surface area contributed by atoms with Crippen LogP contribution in [0.4, 0.5) is 0 Å². The summed E-state index contributed by atoms with van der Waals surface area (Å²) < 4.78 is 30.3. The van der Waals surface area contributed by atoms with Crippen LogP contribution in [0.3, 0.4) is 0 Å². The maximum atomic E-state index is 10.8. The van der Waals surface area contributed by atoms with Gasteiger partial charge in [-0.15, -0.1) is 0 Å². The van der Waals surface area contributed by atoms with Gasteiger partial charge in [-0.3, -0.25) is 4.55 Å². The first kappa shape index (κ1) is 16.7. The Balaban J connectivity index is 0.00000256. The zero-order valence-corrected chi connectivity index (χ0v) is 12.6. The molecular weight excluding hydrogens is 279 g/mol. The summed E-state index contributed by atoms with van der Waals surface area (Å²) in [5.41, 5.74) is -1.17. The van der Waals surface area contributed by atoms with Crippen molar-refractivity contribution in [3.63, 3.8) is 0 Å². The summed E-state index contributed by atoms with van der Waals surface area (Å²) >= 11 is 0. The Morgan fingerprint density at radius 3 is 1.94 bits per heavy atom. The second-order valence-electron chi connectivity index (χ2n) is 2.80. The molecule has 3 N–H and O–H groups in total. The number of rotatable bonds is 3. The fourth-order valence-electron chi connectivity index (χ4n) is 1.06. The van der Waals surface area contributed by atoms with Gasteiger partial charge in [-0.1, -0.05) is 0 Å². The van der Waals surface area contributed by atoms with Crippen LogP contribution in [-0.4, -0.2) is 86.5 Å². The van der Waals surface area contributed by atoms with E-state index in [-0.39, 0.29) is 56.9 Å². The van der Waals surface area contributed by atoms with E-state index in [4.69, 9.17) is 14.8 Å². The Morgan fingerprint density at radius 2 is 1.59 bits per heavy atom. The number of carboxylic acid groups (broad SMARTS) is 2. The average molecular weight is 285 g/mol. The Labute approximate surface area is 139 Å². The first-order valence-corrected chi connectivity index (χ1v) is 5.25. The number of hydrogen-bond acceptors (Lipinski definition) is 4. The molecule has 0 saturated heterocycles. The molecule has 1 aromatic carbocycles. The van der Waals surface area contributed by atoms with Crippen molar-refractivity contribution in [3.05, 3.63) is 29.3 Å². The van der Waals surface area contributed by atoms with Gasteiger partial charge in [-0.25, -0.2) is 9.59 Å². The third-order valence-electron chi connectivity index (χ3n) is 1.73.